The first-order chi connectivity index (χ1) is 8.15. The number of benzene rings is 1. The number of ether oxygens (including phenoxy) is 1. The third-order valence-corrected chi connectivity index (χ3v) is 3.49. The van der Waals surface area contributed by atoms with Crippen LogP contribution in [0.1, 0.15) is 19.8 Å². The minimum Gasteiger partial charge on any atom is -0.483 e. The first kappa shape index (κ1) is 14.3. The molecule has 0 saturated heterocycles. The average molecular weight is 321 g/mol. The molecule has 1 rings (SSSR count). The molecule has 5 heteroatoms. The molecule has 0 unspecified atom stereocenters. The minimum absolute atomic E-state index is 0.00264. The summed E-state index contributed by atoms with van der Waals surface area (Å²) in [6.07, 6.45) is 2.04. The number of amides is 1. The number of halogens is 2. The molecule has 1 N–H and O–H groups in total. The molecule has 0 heterocycles. The van der Waals surface area contributed by atoms with E-state index in [0.717, 1.165) is 12.8 Å². The standard InChI is InChI=1S/C12H15BrClNO2/c1-2-3-7-15-11(16)8-17-10-6-4-5-9(14)12(10)13/h4-6H,2-3,7-8H2,1H3,(H,15,16). The molecular weight excluding hydrogens is 305 g/mol. The van der Waals surface area contributed by atoms with Crippen molar-refractivity contribution in [2.45, 2.75) is 19.8 Å². The van der Waals surface area contributed by atoms with Crippen molar-refractivity contribution in [2.75, 3.05) is 13.2 Å². The maximum Gasteiger partial charge on any atom is 0.257 e. The Morgan fingerprint density at radius 3 is 3.00 bits per heavy atom. The maximum absolute atomic E-state index is 11.4. The van der Waals surface area contributed by atoms with E-state index in [4.69, 9.17) is 16.3 Å². The summed E-state index contributed by atoms with van der Waals surface area (Å²) in [6, 6.07) is 5.28. The smallest absolute Gasteiger partial charge is 0.257 e. The van der Waals surface area contributed by atoms with Crippen LogP contribution in [0, 0.1) is 0 Å². The van der Waals surface area contributed by atoms with Gasteiger partial charge in [0.1, 0.15) is 5.75 Å². The molecule has 3 nitrogen and oxygen atoms in total. The average Bonchev–Trinajstić information content (AvgIpc) is 2.31. The lowest BCUT2D eigenvalue weighted by molar-refractivity contribution is -0.123. The molecule has 0 radical (unpaired) electrons. The van der Waals surface area contributed by atoms with Crippen LogP contribution < -0.4 is 10.1 Å². The fourth-order valence-electron chi connectivity index (χ4n) is 1.19. The zero-order chi connectivity index (χ0) is 12.7. The van der Waals surface area contributed by atoms with Crippen LogP contribution in [-0.2, 0) is 4.79 Å². The van der Waals surface area contributed by atoms with Gasteiger partial charge >= 0.3 is 0 Å². The number of hydrogen-bond donors (Lipinski definition) is 1. The molecule has 1 amide bonds. The summed E-state index contributed by atoms with van der Waals surface area (Å²) in [5.74, 6) is 0.452. The highest BCUT2D eigenvalue weighted by atomic mass is 79.9. The van der Waals surface area contributed by atoms with Crippen LogP contribution >= 0.6 is 27.5 Å². The second kappa shape index (κ2) is 7.56. The van der Waals surface area contributed by atoms with Gasteiger partial charge in [-0.2, -0.15) is 0 Å². The molecule has 94 valence electrons. The lowest BCUT2D eigenvalue weighted by Crippen LogP contribution is -2.29. The van der Waals surface area contributed by atoms with Gasteiger partial charge in [0.05, 0.1) is 9.50 Å². The van der Waals surface area contributed by atoms with Crippen molar-refractivity contribution in [2.24, 2.45) is 0 Å². The first-order valence-corrected chi connectivity index (χ1v) is 6.65. The molecule has 0 bridgehead atoms. The van der Waals surface area contributed by atoms with Gasteiger partial charge in [0, 0.05) is 6.54 Å². The van der Waals surface area contributed by atoms with E-state index in [1.54, 1.807) is 18.2 Å². The van der Waals surface area contributed by atoms with E-state index in [2.05, 4.69) is 28.2 Å². The molecule has 0 aliphatic rings. The Morgan fingerprint density at radius 2 is 2.29 bits per heavy atom. The van der Waals surface area contributed by atoms with Crippen LogP contribution in [0.3, 0.4) is 0 Å². The van der Waals surface area contributed by atoms with Crippen LogP contribution in [0.4, 0.5) is 0 Å². The highest BCUT2D eigenvalue weighted by Crippen LogP contribution is 2.31. The van der Waals surface area contributed by atoms with Crippen LogP contribution in [0.15, 0.2) is 22.7 Å². The Labute approximate surface area is 115 Å². The van der Waals surface area contributed by atoms with Gasteiger partial charge in [0.25, 0.3) is 5.91 Å². The summed E-state index contributed by atoms with van der Waals surface area (Å²) >= 11 is 9.21. The van der Waals surface area contributed by atoms with Gasteiger partial charge in [-0.25, -0.2) is 0 Å². The summed E-state index contributed by atoms with van der Waals surface area (Å²) in [4.78, 5) is 11.4. The Hall–Kier alpha value is -0.740. The normalized spacial score (nSPS) is 10.1. The van der Waals surface area contributed by atoms with Crippen LogP contribution in [0.2, 0.25) is 5.02 Å². The minimum atomic E-state index is -0.120. The van der Waals surface area contributed by atoms with Gasteiger partial charge in [0.15, 0.2) is 6.61 Å². The summed E-state index contributed by atoms with van der Waals surface area (Å²) in [5.41, 5.74) is 0. The van der Waals surface area contributed by atoms with Crippen molar-refractivity contribution < 1.29 is 9.53 Å². The molecule has 0 saturated carbocycles. The van der Waals surface area contributed by atoms with Gasteiger partial charge in [-0.3, -0.25) is 4.79 Å². The summed E-state index contributed by atoms with van der Waals surface area (Å²) in [6.45, 7) is 2.77. The number of nitrogens with one attached hydrogen (secondary N) is 1. The molecular formula is C12H15BrClNO2. The molecule has 1 aromatic rings. The number of carbonyl (C=O) groups excluding carboxylic acids is 1. The van der Waals surface area contributed by atoms with Crippen LogP contribution in [0.5, 0.6) is 5.75 Å². The van der Waals surface area contributed by atoms with Gasteiger partial charge in [0.2, 0.25) is 0 Å². The predicted molar refractivity (Wildman–Crippen MR) is 72.6 cm³/mol. The Balaban J connectivity index is 2.39. The largest absolute Gasteiger partial charge is 0.483 e. The van der Waals surface area contributed by atoms with E-state index >= 15 is 0 Å². The second-order valence-corrected chi connectivity index (χ2v) is 4.74. The molecule has 0 aromatic heterocycles. The Morgan fingerprint density at radius 1 is 1.53 bits per heavy atom. The third kappa shape index (κ3) is 4.96. The van der Waals surface area contributed by atoms with E-state index in [-0.39, 0.29) is 12.5 Å². The number of hydrogen-bond acceptors (Lipinski definition) is 2. The Bertz CT molecular complexity index is 385. The molecule has 0 spiro atoms. The van der Waals surface area contributed by atoms with Crippen molar-refractivity contribution in [3.05, 3.63) is 27.7 Å². The first-order valence-electron chi connectivity index (χ1n) is 5.48. The van der Waals surface area contributed by atoms with E-state index < -0.39 is 0 Å². The van der Waals surface area contributed by atoms with Gasteiger partial charge < -0.3 is 10.1 Å². The SMILES string of the molecule is CCCCNC(=O)COc1cccc(Cl)c1Br. The summed E-state index contributed by atoms with van der Waals surface area (Å²) in [5, 5.41) is 3.34. The quantitative estimate of drug-likeness (QED) is 0.816. The maximum atomic E-state index is 11.4. The van der Waals surface area contributed by atoms with Crippen molar-refractivity contribution in [3.8, 4) is 5.75 Å². The molecule has 0 aliphatic carbocycles. The van der Waals surface area contributed by atoms with Crippen molar-refractivity contribution in [1.29, 1.82) is 0 Å². The van der Waals surface area contributed by atoms with E-state index in [9.17, 15) is 4.79 Å². The number of rotatable bonds is 6. The second-order valence-electron chi connectivity index (χ2n) is 3.54. The third-order valence-electron chi connectivity index (χ3n) is 2.13. The fraction of sp³-hybridized carbons (Fsp3) is 0.417. The van der Waals surface area contributed by atoms with E-state index in [0.29, 0.717) is 21.8 Å². The zero-order valence-electron chi connectivity index (χ0n) is 9.63. The number of unbranched alkanes of at least 4 members (excludes halogenated alkanes) is 1. The molecule has 0 fully saturated rings. The Kier molecular flexibility index (Phi) is 6.37. The predicted octanol–water partition coefficient (Wildman–Crippen LogP) is 3.40. The van der Waals surface area contributed by atoms with Crippen molar-refractivity contribution in [1.82, 2.24) is 5.32 Å². The van der Waals surface area contributed by atoms with Crippen molar-refractivity contribution >= 4 is 33.4 Å². The van der Waals surface area contributed by atoms with E-state index in [1.165, 1.54) is 0 Å². The van der Waals surface area contributed by atoms with Gasteiger partial charge in [-0.05, 0) is 34.5 Å². The van der Waals surface area contributed by atoms with Crippen molar-refractivity contribution in [3.63, 3.8) is 0 Å². The molecule has 0 atom stereocenters. The van der Waals surface area contributed by atoms with Crippen LogP contribution in [-0.4, -0.2) is 19.1 Å². The molecule has 1 aromatic carbocycles. The number of carbonyl (C=O) groups is 1. The lowest BCUT2D eigenvalue weighted by atomic mass is 10.3. The summed E-state index contributed by atoms with van der Waals surface area (Å²) in [7, 11) is 0. The summed E-state index contributed by atoms with van der Waals surface area (Å²) < 4.78 is 6.04. The van der Waals surface area contributed by atoms with Gasteiger partial charge in [-0.1, -0.05) is 31.0 Å². The van der Waals surface area contributed by atoms with Gasteiger partial charge in [-0.15, -0.1) is 0 Å². The topological polar surface area (TPSA) is 38.3 Å². The highest BCUT2D eigenvalue weighted by molar-refractivity contribution is 9.10. The lowest BCUT2D eigenvalue weighted by Gasteiger charge is -2.09. The highest BCUT2D eigenvalue weighted by Gasteiger charge is 2.07. The fourth-order valence-corrected chi connectivity index (χ4v) is 1.74. The van der Waals surface area contributed by atoms with Crippen LogP contribution in [0.25, 0.3) is 0 Å². The zero-order valence-corrected chi connectivity index (χ0v) is 12.0. The molecule has 17 heavy (non-hydrogen) atoms. The van der Waals surface area contributed by atoms with E-state index in [1.807, 2.05) is 0 Å². The molecule has 0 aliphatic heterocycles. The monoisotopic (exact) mass is 319 g/mol.